The number of nitrogens with one attached hydrogen (secondary N) is 1. The van der Waals surface area contributed by atoms with E-state index in [0.717, 1.165) is 5.56 Å². The second-order valence-electron chi connectivity index (χ2n) is 5.40. The number of carbonyl (C=O) groups excluding carboxylic acids is 2. The number of phenolic OH excluding ortho intramolecular Hbond substituents is 1. The number of likely N-dealkylation sites (N-methyl/N-ethyl adjacent to an activating group) is 1. The van der Waals surface area contributed by atoms with Crippen molar-refractivity contribution in [3.63, 3.8) is 0 Å². The molecule has 0 aliphatic carbocycles. The molecule has 2 aromatic carbocycles. The SMILES string of the molecule is CCNC(=O)COc1ccc(/C=C/C(=O)c2ccc(O)cc2)cc1OC. The average molecular weight is 355 g/mol. The quantitative estimate of drug-likeness (QED) is 0.562. The van der Waals surface area contributed by atoms with Crippen molar-refractivity contribution in [2.45, 2.75) is 6.92 Å². The molecule has 0 atom stereocenters. The molecule has 2 N–H and O–H groups in total. The van der Waals surface area contributed by atoms with Gasteiger partial charge in [-0.05, 0) is 55.0 Å². The fourth-order valence-electron chi connectivity index (χ4n) is 2.19. The molecule has 136 valence electrons. The monoisotopic (exact) mass is 355 g/mol. The van der Waals surface area contributed by atoms with Gasteiger partial charge in [-0.1, -0.05) is 12.1 Å². The van der Waals surface area contributed by atoms with E-state index in [2.05, 4.69) is 5.32 Å². The number of benzene rings is 2. The molecule has 2 rings (SSSR count). The van der Waals surface area contributed by atoms with E-state index in [-0.39, 0.29) is 24.0 Å². The van der Waals surface area contributed by atoms with Gasteiger partial charge in [0.1, 0.15) is 5.75 Å². The van der Waals surface area contributed by atoms with E-state index in [9.17, 15) is 14.7 Å². The lowest BCUT2D eigenvalue weighted by Crippen LogP contribution is -2.28. The molecule has 0 aromatic heterocycles. The highest BCUT2D eigenvalue weighted by Gasteiger charge is 2.08. The summed E-state index contributed by atoms with van der Waals surface area (Å²) < 4.78 is 10.7. The Balaban J connectivity index is 2.07. The number of ketones is 1. The van der Waals surface area contributed by atoms with E-state index in [1.165, 1.54) is 25.3 Å². The summed E-state index contributed by atoms with van der Waals surface area (Å²) in [6.45, 7) is 2.27. The van der Waals surface area contributed by atoms with Crippen LogP contribution in [0.15, 0.2) is 48.5 Å². The summed E-state index contributed by atoms with van der Waals surface area (Å²) in [6, 6.07) is 11.2. The van der Waals surface area contributed by atoms with Crippen LogP contribution in [0.1, 0.15) is 22.8 Å². The first-order valence-corrected chi connectivity index (χ1v) is 8.12. The van der Waals surface area contributed by atoms with Crippen LogP contribution in [0.5, 0.6) is 17.2 Å². The molecule has 0 spiro atoms. The summed E-state index contributed by atoms with van der Waals surface area (Å²) in [5.74, 6) is 0.631. The second-order valence-corrected chi connectivity index (χ2v) is 5.40. The molecule has 6 nitrogen and oxygen atoms in total. The topological polar surface area (TPSA) is 84.9 Å². The molecule has 1 amide bonds. The lowest BCUT2D eigenvalue weighted by molar-refractivity contribution is -0.123. The molecule has 0 saturated heterocycles. The third kappa shape index (κ3) is 5.37. The minimum atomic E-state index is -0.210. The number of carbonyl (C=O) groups is 2. The molecule has 26 heavy (non-hydrogen) atoms. The van der Waals surface area contributed by atoms with Gasteiger partial charge in [-0.3, -0.25) is 9.59 Å². The van der Waals surface area contributed by atoms with Gasteiger partial charge in [-0.2, -0.15) is 0 Å². The van der Waals surface area contributed by atoms with Crippen molar-refractivity contribution in [3.05, 3.63) is 59.7 Å². The van der Waals surface area contributed by atoms with Crippen molar-refractivity contribution in [3.8, 4) is 17.2 Å². The maximum Gasteiger partial charge on any atom is 0.257 e. The Bertz CT molecular complexity index is 796. The van der Waals surface area contributed by atoms with Crippen molar-refractivity contribution in [1.29, 1.82) is 0 Å². The molecule has 0 saturated carbocycles. The molecule has 0 heterocycles. The number of allylic oxidation sites excluding steroid dienone is 1. The third-order valence-electron chi connectivity index (χ3n) is 3.50. The number of phenols is 1. The van der Waals surface area contributed by atoms with Gasteiger partial charge >= 0.3 is 0 Å². The zero-order valence-corrected chi connectivity index (χ0v) is 14.7. The molecular weight excluding hydrogens is 334 g/mol. The normalized spacial score (nSPS) is 10.5. The summed E-state index contributed by atoms with van der Waals surface area (Å²) in [6.07, 6.45) is 3.10. The highest BCUT2D eigenvalue weighted by atomic mass is 16.5. The molecule has 0 radical (unpaired) electrons. The van der Waals surface area contributed by atoms with Crippen LogP contribution in [0.2, 0.25) is 0 Å². The van der Waals surface area contributed by atoms with E-state index in [1.807, 2.05) is 6.92 Å². The summed E-state index contributed by atoms with van der Waals surface area (Å²) in [5.41, 5.74) is 1.23. The van der Waals surface area contributed by atoms with Gasteiger partial charge in [0.25, 0.3) is 5.91 Å². The van der Waals surface area contributed by atoms with Crippen molar-refractivity contribution in [1.82, 2.24) is 5.32 Å². The maximum atomic E-state index is 12.1. The Morgan fingerprint density at radius 3 is 2.50 bits per heavy atom. The number of ether oxygens (including phenoxy) is 2. The summed E-state index contributed by atoms with van der Waals surface area (Å²) in [4.78, 5) is 23.6. The van der Waals surface area contributed by atoms with Crippen LogP contribution in [0.25, 0.3) is 6.08 Å². The fourth-order valence-corrected chi connectivity index (χ4v) is 2.19. The van der Waals surface area contributed by atoms with E-state index in [4.69, 9.17) is 9.47 Å². The van der Waals surface area contributed by atoms with Crippen LogP contribution < -0.4 is 14.8 Å². The lowest BCUT2D eigenvalue weighted by atomic mass is 10.1. The maximum absolute atomic E-state index is 12.1. The number of hydrogen-bond donors (Lipinski definition) is 2. The van der Waals surface area contributed by atoms with Crippen LogP contribution in [-0.2, 0) is 4.79 Å². The van der Waals surface area contributed by atoms with Crippen LogP contribution in [0.4, 0.5) is 0 Å². The highest BCUT2D eigenvalue weighted by molar-refractivity contribution is 6.06. The minimum absolute atomic E-state index is 0.0985. The van der Waals surface area contributed by atoms with Crippen LogP contribution in [0.3, 0.4) is 0 Å². The van der Waals surface area contributed by atoms with Gasteiger partial charge in [0.15, 0.2) is 23.9 Å². The average Bonchev–Trinajstić information content (AvgIpc) is 2.65. The predicted molar refractivity (Wildman–Crippen MR) is 98.6 cm³/mol. The summed E-state index contributed by atoms with van der Waals surface area (Å²) in [5, 5.41) is 11.9. The Kier molecular flexibility index (Phi) is 6.79. The lowest BCUT2D eigenvalue weighted by Gasteiger charge is -2.11. The Hall–Kier alpha value is -3.28. The van der Waals surface area contributed by atoms with E-state index in [1.54, 1.807) is 36.4 Å². The van der Waals surface area contributed by atoms with E-state index >= 15 is 0 Å². The Morgan fingerprint density at radius 2 is 1.85 bits per heavy atom. The van der Waals surface area contributed by atoms with Crippen molar-refractivity contribution in [2.75, 3.05) is 20.3 Å². The molecule has 2 aromatic rings. The van der Waals surface area contributed by atoms with Gasteiger partial charge in [0.05, 0.1) is 7.11 Å². The van der Waals surface area contributed by atoms with Gasteiger partial charge in [-0.15, -0.1) is 0 Å². The van der Waals surface area contributed by atoms with Crippen LogP contribution in [0, 0.1) is 0 Å². The Labute approximate surface area is 152 Å². The number of amides is 1. The zero-order valence-electron chi connectivity index (χ0n) is 14.7. The van der Waals surface area contributed by atoms with Gasteiger partial charge in [-0.25, -0.2) is 0 Å². The van der Waals surface area contributed by atoms with E-state index < -0.39 is 0 Å². The van der Waals surface area contributed by atoms with Crippen LogP contribution >= 0.6 is 0 Å². The largest absolute Gasteiger partial charge is 0.508 e. The Morgan fingerprint density at radius 1 is 1.12 bits per heavy atom. The second kappa shape index (κ2) is 9.27. The van der Waals surface area contributed by atoms with Gasteiger partial charge in [0.2, 0.25) is 0 Å². The smallest absolute Gasteiger partial charge is 0.257 e. The third-order valence-corrected chi connectivity index (χ3v) is 3.50. The van der Waals surface area contributed by atoms with Gasteiger partial charge < -0.3 is 19.9 Å². The van der Waals surface area contributed by atoms with Gasteiger partial charge in [0, 0.05) is 12.1 Å². The molecule has 0 unspecified atom stereocenters. The van der Waals surface area contributed by atoms with Crippen molar-refractivity contribution >= 4 is 17.8 Å². The van der Waals surface area contributed by atoms with Crippen molar-refractivity contribution in [2.24, 2.45) is 0 Å². The first-order chi connectivity index (χ1) is 12.5. The van der Waals surface area contributed by atoms with Crippen LogP contribution in [-0.4, -0.2) is 37.1 Å². The number of aromatic hydroxyl groups is 1. The highest BCUT2D eigenvalue weighted by Crippen LogP contribution is 2.28. The molecule has 0 fully saturated rings. The molecular formula is C20H21NO5. The first kappa shape index (κ1) is 19.1. The molecule has 6 heteroatoms. The van der Waals surface area contributed by atoms with E-state index in [0.29, 0.717) is 23.6 Å². The number of hydrogen-bond acceptors (Lipinski definition) is 5. The molecule has 0 aliphatic heterocycles. The minimum Gasteiger partial charge on any atom is -0.508 e. The standard InChI is InChI=1S/C20H21NO5/c1-3-21-20(24)13-26-18-11-5-14(12-19(18)25-2)4-10-17(23)15-6-8-16(22)9-7-15/h4-12,22H,3,13H2,1-2H3,(H,21,24)/b10-4+. The number of methoxy groups -OCH3 is 1. The van der Waals surface area contributed by atoms with Crippen molar-refractivity contribution < 1.29 is 24.2 Å². The zero-order chi connectivity index (χ0) is 18.9. The fraction of sp³-hybridized carbons (Fsp3) is 0.200. The molecule has 0 aliphatic rings. The first-order valence-electron chi connectivity index (χ1n) is 8.12. The molecule has 0 bridgehead atoms. The predicted octanol–water partition coefficient (Wildman–Crippen LogP) is 2.81. The summed E-state index contributed by atoms with van der Waals surface area (Å²) >= 11 is 0. The number of rotatable bonds is 8. The summed E-state index contributed by atoms with van der Waals surface area (Å²) in [7, 11) is 1.50.